The summed E-state index contributed by atoms with van der Waals surface area (Å²) in [6.07, 6.45) is 0. The summed E-state index contributed by atoms with van der Waals surface area (Å²) in [7, 11) is 0. The van der Waals surface area contributed by atoms with Gasteiger partial charge < -0.3 is 10.6 Å². The zero-order valence-electron chi connectivity index (χ0n) is 13.7. The summed E-state index contributed by atoms with van der Waals surface area (Å²) in [6.45, 7) is 8.53. The molecule has 1 aromatic carbocycles. The molecule has 0 aliphatic heterocycles. The molecule has 1 heterocycles. The second-order valence-electron chi connectivity index (χ2n) is 5.93. The molecule has 1 aromatic heterocycles. The van der Waals surface area contributed by atoms with Gasteiger partial charge in [0.2, 0.25) is 5.91 Å². The summed E-state index contributed by atoms with van der Waals surface area (Å²) in [6, 6.07) is 12.3. The van der Waals surface area contributed by atoms with Gasteiger partial charge >= 0.3 is 0 Å². The summed E-state index contributed by atoms with van der Waals surface area (Å²) in [4.78, 5) is 16.5. The van der Waals surface area contributed by atoms with Crippen molar-refractivity contribution in [3.8, 4) is 10.4 Å². The Morgan fingerprint density at radius 2 is 1.86 bits per heavy atom. The lowest BCUT2D eigenvalue weighted by Gasteiger charge is -2.27. The van der Waals surface area contributed by atoms with Crippen LogP contribution in [0.5, 0.6) is 0 Å². The van der Waals surface area contributed by atoms with E-state index in [1.165, 1.54) is 20.9 Å². The number of carbonyl (C=O) groups is 1. The Morgan fingerprint density at radius 3 is 2.45 bits per heavy atom. The van der Waals surface area contributed by atoms with E-state index in [2.05, 4.69) is 43.3 Å². The van der Waals surface area contributed by atoms with Crippen molar-refractivity contribution in [3.05, 3.63) is 46.8 Å². The van der Waals surface area contributed by atoms with Crippen LogP contribution in [0, 0.1) is 6.92 Å². The third-order valence-electron chi connectivity index (χ3n) is 3.69. The molecule has 0 aliphatic carbocycles. The molecule has 0 unspecified atom stereocenters. The maximum atomic E-state index is 12.2. The molecule has 0 fully saturated rings. The molecule has 0 saturated heterocycles. The summed E-state index contributed by atoms with van der Waals surface area (Å²) in [5.74, 6) is 0.000779. The quantitative estimate of drug-likeness (QED) is 0.912. The van der Waals surface area contributed by atoms with E-state index >= 15 is 0 Å². The predicted molar refractivity (Wildman–Crippen MR) is 93.8 cm³/mol. The van der Waals surface area contributed by atoms with Gasteiger partial charge in [-0.2, -0.15) is 0 Å². The Balaban J connectivity index is 2.21. The highest BCUT2D eigenvalue weighted by atomic mass is 32.1. The first-order valence-electron chi connectivity index (χ1n) is 7.61. The van der Waals surface area contributed by atoms with Crippen LogP contribution in [0.2, 0.25) is 0 Å². The smallest absolute Gasteiger partial charge is 0.239 e. The van der Waals surface area contributed by atoms with Crippen LogP contribution >= 0.6 is 11.3 Å². The van der Waals surface area contributed by atoms with E-state index in [1.54, 1.807) is 18.3 Å². The second kappa shape index (κ2) is 7.07. The summed E-state index contributed by atoms with van der Waals surface area (Å²) in [5.41, 5.74) is 8.28. The fourth-order valence-electron chi connectivity index (χ4n) is 2.40. The molecule has 0 aliphatic rings. The van der Waals surface area contributed by atoms with Gasteiger partial charge in [0.15, 0.2) is 0 Å². The zero-order valence-corrected chi connectivity index (χ0v) is 14.5. The van der Waals surface area contributed by atoms with Crippen molar-refractivity contribution < 1.29 is 4.79 Å². The van der Waals surface area contributed by atoms with Gasteiger partial charge in [0.1, 0.15) is 0 Å². The minimum absolute atomic E-state index is 0.000779. The van der Waals surface area contributed by atoms with Gasteiger partial charge in [0.25, 0.3) is 0 Å². The lowest BCUT2D eigenvalue weighted by Crippen LogP contribution is -2.44. The van der Waals surface area contributed by atoms with E-state index in [9.17, 15) is 4.79 Å². The van der Waals surface area contributed by atoms with Crippen molar-refractivity contribution in [1.29, 1.82) is 0 Å². The van der Waals surface area contributed by atoms with Crippen LogP contribution in [-0.4, -0.2) is 22.9 Å². The van der Waals surface area contributed by atoms with Gasteiger partial charge in [-0.3, -0.25) is 4.79 Å². The topological polar surface area (TPSA) is 46.3 Å². The maximum Gasteiger partial charge on any atom is 0.239 e. The molecule has 0 saturated carbocycles. The highest BCUT2D eigenvalue weighted by Gasteiger charge is 2.21. The number of nitrogens with zero attached hydrogens (tertiary/aromatic N) is 1. The van der Waals surface area contributed by atoms with Crippen molar-refractivity contribution in [2.24, 2.45) is 5.73 Å². The molecule has 1 amide bonds. The standard InChI is InChI=1S/C18H24N2OS/c1-12(2)20(18(21)14(4)19)11-15-9-10-17(22-15)16-8-6-5-7-13(16)3/h5-10,12,14H,11,19H2,1-4H3/t14-/m1/s1. The number of carbonyl (C=O) groups excluding carboxylic acids is 1. The van der Waals surface area contributed by atoms with Crippen LogP contribution in [0.15, 0.2) is 36.4 Å². The fraction of sp³-hybridized carbons (Fsp3) is 0.389. The van der Waals surface area contributed by atoms with Crippen LogP contribution in [0.25, 0.3) is 10.4 Å². The normalized spacial score (nSPS) is 12.5. The van der Waals surface area contributed by atoms with Gasteiger partial charge in [-0.15, -0.1) is 11.3 Å². The third kappa shape index (κ3) is 3.76. The Hall–Kier alpha value is -1.65. The predicted octanol–water partition coefficient (Wildman–Crippen LogP) is 3.81. The number of aryl methyl sites for hydroxylation is 1. The highest BCUT2D eigenvalue weighted by molar-refractivity contribution is 7.15. The molecular formula is C18H24N2OS. The molecule has 2 aromatic rings. The van der Waals surface area contributed by atoms with Gasteiger partial charge in [0, 0.05) is 15.8 Å². The van der Waals surface area contributed by atoms with Gasteiger partial charge in [-0.05, 0) is 51.0 Å². The van der Waals surface area contributed by atoms with E-state index in [0.717, 1.165) is 0 Å². The highest BCUT2D eigenvalue weighted by Crippen LogP contribution is 2.31. The molecule has 118 valence electrons. The first kappa shape index (κ1) is 16.7. The van der Waals surface area contributed by atoms with E-state index < -0.39 is 6.04 Å². The maximum absolute atomic E-state index is 12.2. The molecule has 3 nitrogen and oxygen atoms in total. The summed E-state index contributed by atoms with van der Waals surface area (Å²) in [5, 5.41) is 0. The fourth-order valence-corrected chi connectivity index (χ4v) is 3.50. The number of thiophene rings is 1. The number of hydrogen-bond donors (Lipinski definition) is 1. The molecule has 1 atom stereocenters. The molecule has 2 N–H and O–H groups in total. The van der Waals surface area contributed by atoms with E-state index in [4.69, 9.17) is 5.73 Å². The molecular weight excluding hydrogens is 292 g/mol. The lowest BCUT2D eigenvalue weighted by atomic mass is 10.1. The largest absolute Gasteiger partial charge is 0.334 e. The van der Waals surface area contributed by atoms with Crippen molar-refractivity contribution in [2.45, 2.75) is 46.3 Å². The number of rotatable bonds is 5. The van der Waals surface area contributed by atoms with Gasteiger partial charge in [-0.25, -0.2) is 0 Å². The van der Waals surface area contributed by atoms with Crippen molar-refractivity contribution in [1.82, 2.24) is 4.90 Å². The average Bonchev–Trinajstić information content (AvgIpc) is 2.92. The van der Waals surface area contributed by atoms with E-state index in [1.807, 2.05) is 18.7 Å². The Morgan fingerprint density at radius 1 is 1.18 bits per heavy atom. The van der Waals surface area contributed by atoms with Gasteiger partial charge in [-0.1, -0.05) is 24.3 Å². The van der Waals surface area contributed by atoms with Crippen molar-refractivity contribution >= 4 is 17.2 Å². The molecule has 0 bridgehead atoms. The van der Waals surface area contributed by atoms with Crippen LogP contribution in [0.3, 0.4) is 0 Å². The van der Waals surface area contributed by atoms with E-state index in [-0.39, 0.29) is 11.9 Å². The first-order valence-corrected chi connectivity index (χ1v) is 8.42. The molecule has 22 heavy (non-hydrogen) atoms. The second-order valence-corrected chi connectivity index (χ2v) is 7.10. The minimum atomic E-state index is -0.460. The summed E-state index contributed by atoms with van der Waals surface area (Å²) >= 11 is 1.74. The number of hydrogen-bond acceptors (Lipinski definition) is 3. The molecule has 2 rings (SSSR count). The van der Waals surface area contributed by atoms with Crippen LogP contribution in [-0.2, 0) is 11.3 Å². The monoisotopic (exact) mass is 316 g/mol. The molecule has 4 heteroatoms. The van der Waals surface area contributed by atoms with Crippen molar-refractivity contribution in [3.63, 3.8) is 0 Å². The Bertz CT molecular complexity index is 646. The van der Waals surface area contributed by atoms with Crippen LogP contribution in [0.1, 0.15) is 31.2 Å². The molecule has 0 radical (unpaired) electrons. The van der Waals surface area contributed by atoms with Crippen molar-refractivity contribution in [2.75, 3.05) is 0 Å². The first-order chi connectivity index (χ1) is 10.4. The third-order valence-corrected chi connectivity index (χ3v) is 4.80. The van der Waals surface area contributed by atoms with Crippen LogP contribution < -0.4 is 5.73 Å². The van der Waals surface area contributed by atoms with E-state index in [0.29, 0.717) is 6.54 Å². The van der Waals surface area contributed by atoms with Crippen LogP contribution in [0.4, 0.5) is 0 Å². The summed E-state index contributed by atoms with van der Waals surface area (Å²) < 4.78 is 0. The van der Waals surface area contributed by atoms with Gasteiger partial charge in [0.05, 0.1) is 12.6 Å². The number of amides is 1. The lowest BCUT2D eigenvalue weighted by molar-refractivity contribution is -0.134. The average molecular weight is 316 g/mol. The Labute approximate surface area is 136 Å². The SMILES string of the molecule is Cc1ccccc1-c1ccc(CN(C(=O)[C@@H](C)N)C(C)C)s1. The Kier molecular flexibility index (Phi) is 5.37. The minimum Gasteiger partial charge on any atom is -0.334 e. The molecule has 0 spiro atoms. The number of benzene rings is 1. The zero-order chi connectivity index (χ0) is 16.3. The number of nitrogens with two attached hydrogens (primary N) is 1.